The van der Waals surface area contributed by atoms with Gasteiger partial charge >= 0.3 is 0 Å². The molecule has 1 aromatic heterocycles. The van der Waals surface area contributed by atoms with Crippen molar-refractivity contribution in [1.82, 2.24) is 9.78 Å². The van der Waals surface area contributed by atoms with E-state index < -0.39 is 15.4 Å². The summed E-state index contributed by atoms with van der Waals surface area (Å²) >= 11 is 6.11. The Kier molecular flexibility index (Phi) is 6.75. The molecule has 1 N–H and O–H groups in total. The Morgan fingerprint density at radius 1 is 1.11 bits per heavy atom. The van der Waals surface area contributed by atoms with E-state index in [1.54, 1.807) is 36.1 Å². The highest BCUT2D eigenvalue weighted by Crippen LogP contribution is 2.40. The van der Waals surface area contributed by atoms with Gasteiger partial charge in [0.25, 0.3) is 0 Å². The van der Waals surface area contributed by atoms with Crippen molar-refractivity contribution in [2.24, 2.45) is 0 Å². The van der Waals surface area contributed by atoms with Gasteiger partial charge in [0.2, 0.25) is 10.0 Å². The van der Waals surface area contributed by atoms with Gasteiger partial charge in [-0.25, -0.2) is 8.42 Å². The van der Waals surface area contributed by atoms with Gasteiger partial charge in [0.05, 0.1) is 42.9 Å². The molecule has 0 aliphatic carbocycles. The van der Waals surface area contributed by atoms with Crippen LogP contribution in [-0.4, -0.2) is 31.6 Å². The normalized spacial score (nSPS) is 13.2. The van der Waals surface area contributed by atoms with Crippen LogP contribution < -0.4 is 9.46 Å². The summed E-state index contributed by atoms with van der Waals surface area (Å²) in [7, 11) is -1.94. The lowest BCUT2D eigenvalue weighted by molar-refractivity contribution is 0.414. The van der Waals surface area contributed by atoms with Crippen LogP contribution in [0.2, 0.25) is 5.02 Å². The van der Waals surface area contributed by atoms with Crippen molar-refractivity contribution in [3.8, 4) is 11.8 Å². The van der Waals surface area contributed by atoms with Gasteiger partial charge in [-0.3, -0.25) is 9.40 Å². The van der Waals surface area contributed by atoms with E-state index in [2.05, 4.69) is 10.8 Å². The molecule has 0 radical (unpaired) electrons. The summed E-state index contributed by atoms with van der Waals surface area (Å²) in [6.45, 7) is 2.31. The lowest BCUT2D eigenvalue weighted by atomic mass is 9.75. The fraction of sp³-hybridized carbons (Fsp3) is 0.231. The summed E-state index contributed by atoms with van der Waals surface area (Å²) in [5.41, 5.74) is 2.22. The molecule has 0 amide bonds. The molecule has 4 rings (SSSR count). The van der Waals surface area contributed by atoms with E-state index in [0.29, 0.717) is 40.3 Å². The smallest absolute Gasteiger partial charge is 0.229 e. The number of nitriles is 1. The molecule has 0 aliphatic rings. The van der Waals surface area contributed by atoms with Crippen LogP contribution in [0.1, 0.15) is 30.2 Å². The minimum Gasteiger partial charge on any atom is -0.497 e. The van der Waals surface area contributed by atoms with Crippen LogP contribution in [0.15, 0.2) is 66.7 Å². The number of anilines is 1. The first kappa shape index (κ1) is 24.6. The van der Waals surface area contributed by atoms with Crippen LogP contribution in [0.3, 0.4) is 0 Å². The number of benzene rings is 3. The van der Waals surface area contributed by atoms with Crippen molar-refractivity contribution in [2.45, 2.75) is 25.3 Å². The summed E-state index contributed by atoms with van der Waals surface area (Å²) in [5.74, 6) is 0.733. The number of nitrogens with zero attached hydrogens (tertiary/aromatic N) is 3. The molecule has 0 saturated heterocycles. The van der Waals surface area contributed by atoms with Gasteiger partial charge in [0, 0.05) is 10.4 Å². The Morgan fingerprint density at radius 2 is 1.80 bits per heavy atom. The second kappa shape index (κ2) is 9.61. The maximum absolute atomic E-state index is 12.1. The summed E-state index contributed by atoms with van der Waals surface area (Å²) in [4.78, 5) is 0. The van der Waals surface area contributed by atoms with E-state index in [4.69, 9.17) is 21.4 Å². The largest absolute Gasteiger partial charge is 0.497 e. The Labute approximate surface area is 210 Å². The van der Waals surface area contributed by atoms with Crippen molar-refractivity contribution < 1.29 is 13.2 Å². The molecule has 180 valence electrons. The maximum Gasteiger partial charge on any atom is 0.229 e. The molecule has 3 aromatic carbocycles. The maximum atomic E-state index is 12.1. The molecular formula is C26H25ClN4O3S. The third-order valence-corrected chi connectivity index (χ3v) is 6.86. The van der Waals surface area contributed by atoms with E-state index in [9.17, 15) is 13.7 Å². The molecule has 7 nitrogen and oxygen atoms in total. The first-order valence-corrected chi connectivity index (χ1v) is 13.3. The van der Waals surface area contributed by atoms with Crippen molar-refractivity contribution in [1.29, 1.82) is 5.26 Å². The predicted molar refractivity (Wildman–Crippen MR) is 138 cm³/mol. The lowest BCUT2D eigenvalue weighted by Crippen LogP contribution is -2.26. The van der Waals surface area contributed by atoms with Crippen molar-refractivity contribution >= 4 is 38.2 Å². The zero-order valence-electron chi connectivity index (χ0n) is 19.6. The minimum absolute atomic E-state index is 0.370. The molecule has 4 aromatic rings. The van der Waals surface area contributed by atoms with E-state index in [0.717, 1.165) is 23.1 Å². The number of nitrogens with one attached hydrogen (secondary N) is 1. The number of para-hydroxylation sites is 1. The number of hydrogen-bond acceptors (Lipinski definition) is 5. The number of ether oxygens (including phenoxy) is 1. The first-order valence-electron chi connectivity index (χ1n) is 11.0. The van der Waals surface area contributed by atoms with Gasteiger partial charge in [-0.15, -0.1) is 0 Å². The lowest BCUT2D eigenvalue weighted by Gasteiger charge is -2.24. The summed E-state index contributed by atoms with van der Waals surface area (Å²) in [6, 6.07) is 22.6. The van der Waals surface area contributed by atoms with Gasteiger partial charge in [-0.1, -0.05) is 54.9 Å². The monoisotopic (exact) mass is 508 g/mol. The molecule has 1 unspecified atom stereocenters. The highest BCUT2D eigenvalue weighted by atomic mass is 35.5. The Balaban J connectivity index is 1.98. The second-order valence-corrected chi connectivity index (χ2v) is 10.5. The molecule has 0 fully saturated rings. The molecule has 9 heteroatoms. The quantitative estimate of drug-likeness (QED) is 0.346. The fourth-order valence-electron chi connectivity index (χ4n) is 4.29. The number of aromatic nitrogens is 2. The number of fused-ring (bicyclic) bond motifs is 1. The van der Waals surface area contributed by atoms with E-state index in [1.165, 1.54) is 0 Å². The molecule has 0 saturated carbocycles. The van der Waals surface area contributed by atoms with Crippen LogP contribution in [0, 0.1) is 11.3 Å². The highest BCUT2D eigenvalue weighted by Gasteiger charge is 2.38. The molecule has 0 bridgehead atoms. The predicted octanol–water partition coefficient (Wildman–Crippen LogP) is 5.34. The number of halogens is 1. The van der Waals surface area contributed by atoms with Crippen LogP contribution in [-0.2, 0) is 22.0 Å². The average Bonchev–Trinajstić information content (AvgIpc) is 3.20. The second-order valence-electron chi connectivity index (χ2n) is 8.31. The molecule has 35 heavy (non-hydrogen) atoms. The molecule has 1 heterocycles. The Morgan fingerprint density at radius 3 is 2.37 bits per heavy atom. The summed E-state index contributed by atoms with van der Waals surface area (Å²) < 4.78 is 33.9. The van der Waals surface area contributed by atoms with Crippen molar-refractivity contribution in [3.05, 3.63) is 88.6 Å². The minimum atomic E-state index is -3.55. The number of methoxy groups -OCH3 is 1. The molecule has 1 atom stereocenters. The zero-order valence-corrected chi connectivity index (χ0v) is 21.2. The van der Waals surface area contributed by atoms with Crippen LogP contribution in [0.5, 0.6) is 5.75 Å². The Hall–Kier alpha value is -3.54. The SMILES string of the molecule is CCC(C#N)(c1ccc(Cl)cc1)c1nn(Cc2ccc(OC)cc2)c2c(NS(C)(=O)=O)cccc12. The topological polar surface area (TPSA) is 97.0 Å². The average molecular weight is 509 g/mol. The third-order valence-electron chi connectivity index (χ3n) is 6.02. The van der Waals surface area contributed by atoms with Gasteiger partial charge < -0.3 is 4.74 Å². The fourth-order valence-corrected chi connectivity index (χ4v) is 4.98. The van der Waals surface area contributed by atoms with E-state index in [-0.39, 0.29) is 0 Å². The van der Waals surface area contributed by atoms with Gasteiger partial charge in [-0.2, -0.15) is 10.4 Å². The van der Waals surface area contributed by atoms with Gasteiger partial charge in [0.15, 0.2) is 0 Å². The van der Waals surface area contributed by atoms with E-state index in [1.807, 2.05) is 49.4 Å². The summed E-state index contributed by atoms with van der Waals surface area (Å²) in [6.07, 6.45) is 1.57. The van der Waals surface area contributed by atoms with Gasteiger partial charge in [-0.05, 0) is 47.9 Å². The first-order chi connectivity index (χ1) is 16.7. The van der Waals surface area contributed by atoms with Gasteiger partial charge in [0.1, 0.15) is 11.2 Å². The summed E-state index contributed by atoms with van der Waals surface area (Å²) in [5, 5.41) is 16.7. The van der Waals surface area contributed by atoms with E-state index >= 15 is 0 Å². The standard InChI is InChI=1S/C26H25ClN4O3S/c1-4-26(17-28,19-10-12-20(27)13-11-19)25-22-6-5-7-23(30-35(3,32)33)24(22)31(29-25)16-18-8-14-21(34-2)15-9-18/h5-15,30H,4,16H2,1-3H3. The number of sulfonamides is 1. The third kappa shape index (κ3) is 4.83. The van der Waals surface area contributed by atoms with Crippen LogP contribution in [0.25, 0.3) is 10.9 Å². The molecule has 0 spiro atoms. The Bertz CT molecular complexity index is 1510. The highest BCUT2D eigenvalue weighted by molar-refractivity contribution is 7.92. The molecular weight excluding hydrogens is 484 g/mol. The van der Waals surface area contributed by atoms with Crippen molar-refractivity contribution in [3.63, 3.8) is 0 Å². The number of rotatable bonds is 8. The van der Waals surface area contributed by atoms with Crippen LogP contribution in [0.4, 0.5) is 5.69 Å². The zero-order chi connectivity index (χ0) is 25.2. The number of hydrogen-bond donors (Lipinski definition) is 1. The molecule has 0 aliphatic heterocycles. The van der Waals surface area contributed by atoms with Crippen LogP contribution >= 0.6 is 11.6 Å². The van der Waals surface area contributed by atoms with Crippen molar-refractivity contribution in [2.75, 3.05) is 18.1 Å².